The van der Waals surface area contributed by atoms with E-state index in [0.29, 0.717) is 37.5 Å². The van der Waals surface area contributed by atoms with Crippen molar-refractivity contribution in [2.45, 2.75) is 13.0 Å². The fraction of sp³-hybridized carbons (Fsp3) is 0.318. The van der Waals surface area contributed by atoms with Crippen LogP contribution in [0.4, 0.5) is 16.2 Å². The number of nitrogens with one attached hydrogen (secondary N) is 2. The lowest BCUT2D eigenvalue weighted by atomic mass is 10.1. The highest BCUT2D eigenvalue weighted by Crippen LogP contribution is 2.33. The Morgan fingerprint density at radius 3 is 2.43 bits per heavy atom. The first-order valence-corrected chi connectivity index (χ1v) is 9.84. The van der Waals surface area contributed by atoms with Crippen molar-refractivity contribution in [3.05, 3.63) is 60.2 Å². The number of rotatable bonds is 8. The molecule has 2 aromatic rings. The zero-order chi connectivity index (χ0) is 21.3. The predicted molar refractivity (Wildman–Crippen MR) is 114 cm³/mol. The number of ether oxygens (including phenoxy) is 1. The maximum Gasteiger partial charge on any atom is 0.322 e. The quantitative estimate of drug-likeness (QED) is 0.651. The molecule has 8 heteroatoms. The molecule has 0 atom stereocenters. The van der Waals surface area contributed by atoms with Gasteiger partial charge in [-0.3, -0.25) is 19.4 Å². The Morgan fingerprint density at radius 2 is 1.70 bits per heavy atom. The van der Waals surface area contributed by atoms with Gasteiger partial charge in [-0.2, -0.15) is 0 Å². The third-order valence-corrected chi connectivity index (χ3v) is 4.74. The molecule has 158 valence electrons. The van der Waals surface area contributed by atoms with Crippen molar-refractivity contribution in [2.24, 2.45) is 0 Å². The number of nitrogens with zero attached hydrogens (tertiary/aromatic N) is 2. The van der Waals surface area contributed by atoms with Gasteiger partial charge in [-0.05, 0) is 24.1 Å². The van der Waals surface area contributed by atoms with Gasteiger partial charge in [0.25, 0.3) is 0 Å². The smallest absolute Gasteiger partial charge is 0.322 e. The van der Waals surface area contributed by atoms with Crippen LogP contribution in [0.1, 0.15) is 12.0 Å². The highest BCUT2D eigenvalue weighted by molar-refractivity contribution is 6.12. The Morgan fingerprint density at radius 1 is 1.00 bits per heavy atom. The highest BCUT2D eigenvalue weighted by Gasteiger charge is 2.33. The minimum absolute atomic E-state index is 0.0949. The minimum atomic E-state index is -0.358. The first-order valence-electron chi connectivity index (χ1n) is 9.84. The molecule has 3 rings (SSSR count). The second-order valence-electron chi connectivity index (χ2n) is 6.90. The van der Waals surface area contributed by atoms with Gasteiger partial charge in [-0.1, -0.05) is 42.5 Å². The number of para-hydroxylation sites is 2. The van der Waals surface area contributed by atoms with Crippen LogP contribution in [0.3, 0.4) is 0 Å². The summed E-state index contributed by atoms with van der Waals surface area (Å²) in [6.07, 6.45) is 0.697. The van der Waals surface area contributed by atoms with E-state index >= 15 is 0 Å². The Kier molecular flexibility index (Phi) is 7.40. The molecule has 0 aliphatic carbocycles. The molecule has 2 aromatic carbocycles. The van der Waals surface area contributed by atoms with Crippen LogP contribution in [-0.2, 0) is 20.9 Å². The van der Waals surface area contributed by atoms with Crippen LogP contribution in [0.25, 0.3) is 0 Å². The number of anilines is 2. The van der Waals surface area contributed by atoms with Crippen LogP contribution in [0.15, 0.2) is 54.6 Å². The molecule has 1 aliphatic heterocycles. The van der Waals surface area contributed by atoms with Crippen molar-refractivity contribution in [1.82, 2.24) is 10.6 Å². The van der Waals surface area contributed by atoms with Gasteiger partial charge >= 0.3 is 6.03 Å². The molecular formula is C22H26N4O4. The SMILES string of the molecule is COCCCNC(=O)CN1C(=O)CN(C(=O)NCc2ccccc2)c2ccccc21. The van der Waals surface area contributed by atoms with Crippen LogP contribution in [0, 0.1) is 0 Å². The van der Waals surface area contributed by atoms with Crippen molar-refractivity contribution in [1.29, 1.82) is 0 Å². The average Bonchev–Trinajstić information content (AvgIpc) is 2.77. The predicted octanol–water partition coefficient (Wildman–Crippen LogP) is 1.90. The molecule has 0 bridgehead atoms. The second-order valence-corrected chi connectivity index (χ2v) is 6.90. The molecule has 30 heavy (non-hydrogen) atoms. The van der Waals surface area contributed by atoms with Gasteiger partial charge < -0.3 is 15.4 Å². The number of fused-ring (bicyclic) bond motifs is 1. The lowest BCUT2D eigenvalue weighted by Crippen LogP contribution is -2.53. The van der Waals surface area contributed by atoms with Crippen molar-refractivity contribution >= 4 is 29.2 Å². The number of urea groups is 1. The van der Waals surface area contributed by atoms with Gasteiger partial charge in [-0.25, -0.2) is 4.79 Å². The topological polar surface area (TPSA) is 91.0 Å². The largest absolute Gasteiger partial charge is 0.385 e. The van der Waals surface area contributed by atoms with E-state index in [-0.39, 0.29) is 30.9 Å². The maximum absolute atomic E-state index is 12.8. The number of methoxy groups -OCH3 is 1. The number of hydrogen-bond donors (Lipinski definition) is 2. The Hall–Kier alpha value is -3.39. The third kappa shape index (κ3) is 5.36. The van der Waals surface area contributed by atoms with E-state index in [2.05, 4.69) is 10.6 Å². The molecule has 1 aliphatic rings. The number of amides is 4. The van der Waals surface area contributed by atoms with Gasteiger partial charge in [0.1, 0.15) is 13.1 Å². The fourth-order valence-electron chi connectivity index (χ4n) is 3.23. The van der Waals surface area contributed by atoms with Crippen LogP contribution in [-0.4, -0.2) is 51.2 Å². The summed E-state index contributed by atoms with van der Waals surface area (Å²) < 4.78 is 4.96. The molecular weight excluding hydrogens is 384 g/mol. The van der Waals surface area contributed by atoms with Crippen LogP contribution >= 0.6 is 0 Å². The molecule has 0 aromatic heterocycles. The number of carbonyl (C=O) groups is 3. The summed E-state index contributed by atoms with van der Waals surface area (Å²) in [4.78, 5) is 40.6. The standard InChI is InChI=1S/C22H26N4O4/c1-30-13-7-12-23-20(27)15-25-18-10-5-6-11-19(18)26(16-21(25)28)22(29)24-14-17-8-3-2-4-9-17/h2-6,8-11H,7,12-16H2,1H3,(H,23,27)(H,24,29). The van der Waals surface area contributed by atoms with E-state index in [1.54, 1.807) is 31.4 Å². The van der Waals surface area contributed by atoms with Gasteiger partial charge in [-0.15, -0.1) is 0 Å². The van der Waals surface area contributed by atoms with E-state index in [0.717, 1.165) is 5.56 Å². The Balaban J connectivity index is 1.67. The molecule has 1 heterocycles. The zero-order valence-electron chi connectivity index (χ0n) is 17.0. The maximum atomic E-state index is 12.8. The summed E-state index contributed by atoms with van der Waals surface area (Å²) in [6, 6.07) is 16.3. The van der Waals surface area contributed by atoms with E-state index in [4.69, 9.17) is 4.74 Å². The monoisotopic (exact) mass is 410 g/mol. The van der Waals surface area contributed by atoms with Crippen LogP contribution < -0.4 is 20.4 Å². The minimum Gasteiger partial charge on any atom is -0.385 e. The molecule has 8 nitrogen and oxygen atoms in total. The second kappa shape index (κ2) is 10.4. The van der Waals surface area contributed by atoms with Gasteiger partial charge in [0.05, 0.1) is 11.4 Å². The van der Waals surface area contributed by atoms with Crippen molar-refractivity contribution in [2.75, 3.05) is 43.2 Å². The summed E-state index contributed by atoms with van der Waals surface area (Å²) in [5.41, 5.74) is 2.10. The first-order chi connectivity index (χ1) is 14.6. The van der Waals surface area contributed by atoms with Crippen LogP contribution in [0.2, 0.25) is 0 Å². The van der Waals surface area contributed by atoms with E-state index < -0.39 is 0 Å². The molecule has 0 spiro atoms. The number of benzene rings is 2. The molecule has 0 saturated carbocycles. The van der Waals surface area contributed by atoms with Crippen molar-refractivity contribution in [3.8, 4) is 0 Å². The van der Waals surface area contributed by atoms with Crippen LogP contribution in [0.5, 0.6) is 0 Å². The van der Waals surface area contributed by atoms with Gasteiger partial charge in [0.15, 0.2) is 0 Å². The molecule has 4 amide bonds. The van der Waals surface area contributed by atoms with Crippen molar-refractivity contribution < 1.29 is 19.1 Å². The highest BCUT2D eigenvalue weighted by atomic mass is 16.5. The average molecular weight is 410 g/mol. The first kappa shape index (κ1) is 21.3. The van der Waals surface area contributed by atoms with Crippen molar-refractivity contribution in [3.63, 3.8) is 0 Å². The third-order valence-electron chi connectivity index (χ3n) is 4.74. The summed E-state index contributed by atoms with van der Waals surface area (Å²) in [5.74, 6) is -0.563. The van der Waals surface area contributed by atoms with Gasteiger partial charge in [0.2, 0.25) is 11.8 Å². The molecule has 0 fully saturated rings. The molecule has 2 N–H and O–H groups in total. The fourth-order valence-corrected chi connectivity index (χ4v) is 3.23. The number of hydrogen-bond acceptors (Lipinski definition) is 4. The van der Waals surface area contributed by atoms with E-state index in [1.807, 2.05) is 30.3 Å². The summed E-state index contributed by atoms with van der Waals surface area (Å²) in [6.45, 7) is 1.17. The zero-order valence-corrected chi connectivity index (χ0v) is 17.0. The molecule has 0 unspecified atom stereocenters. The van der Waals surface area contributed by atoms with E-state index in [1.165, 1.54) is 9.80 Å². The Labute approximate surface area is 175 Å². The lowest BCUT2D eigenvalue weighted by Gasteiger charge is -2.35. The molecule has 0 radical (unpaired) electrons. The summed E-state index contributed by atoms with van der Waals surface area (Å²) in [5, 5.41) is 5.63. The summed E-state index contributed by atoms with van der Waals surface area (Å²) >= 11 is 0. The lowest BCUT2D eigenvalue weighted by molar-refractivity contribution is -0.123. The normalized spacial score (nSPS) is 13.0. The Bertz CT molecular complexity index is 888. The number of carbonyl (C=O) groups excluding carboxylic acids is 3. The van der Waals surface area contributed by atoms with E-state index in [9.17, 15) is 14.4 Å². The van der Waals surface area contributed by atoms with Gasteiger partial charge in [0, 0.05) is 26.8 Å². The molecule has 0 saturated heterocycles. The summed E-state index contributed by atoms with van der Waals surface area (Å²) in [7, 11) is 1.60.